The number of rotatable bonds is 6. The number of aliphatic hydroxyl groups is 1. The molecule has 0 spiro atoms. The Morgan fingerprint density at radius 1 is 1.29 bits per heavy atom. The van der Waals surface area contributed by atoms with Gasteiger partial charge in [-0.2, -0.15) is 5.10 Å². The molecule has 0 fully saturated rings. The van der Waals surface area contributed by atoms with E-state index in [4.69, 9.17) is 9.84 Å². The van der Waals surface area contributed by atoms with Crippen molar-refractivity contribution < 1.29 is 19.4 Å². The minimum Gasteiger partial charge on any atom is -0.394 e. The molecule has 0 aliphatic rings. The Balaban J connectivity index is 1.81. The predicted octanol–water partition coefficient (Wildman–Crippen LogP) is -0.373. The number of aliphatic hydroxyl groups excluding tert-OH is 1. The van der Waals surface area contributed by atoms with Gasteiger partial charge in [0.05, 0.1) is 31.5 Å². The fourth-order valence-corrected chi connectivity index (χ4v) is 1.69. The molecule has 0 atom stereocenters. The number of nitrogens with one attached hydrogen (secondary N) is 3. The number of anilines is 1. The van der Waals surface area contributed by atoms with Gasteiger partial charge in [0.2, 0.25) is 0 Å². The molecule has 8 nitrogen and oxygen atoms in total. The van der Waals surface area contributed by atoms with Gasteiger partial charge in [-0.15, -0.1) is 0 Å². The van der Waals surface area contributed by atoms with Crippen molar-refractivity contribution in [3.05, 3.63) is 24.4 Å². The van der Waals surface area contributed by atoms with Crippen LogP contribution in [0.15, 0.2) is 24.4 Å². The predicted molar refractivity (Wildman–Crippen MR) is 75.6 cm³/mol. The normalized spacial score (nSPS) is 10.5. The summed E-state index contributed by atoms with van der Waals surface area (Å²) >= 11 is 0. The van der Waals surface area contributed by atoms with E-state index in [2.05, 4.69) is 20.8 Å². The molecule has 0 bridgehead atoms. The van der Waals surface area contributed by atoms with Crippen molar-refractivity contribution in [2.75, 3.05) is 31.7 Å². The summed E-state index contributed by atoms with van der Waals surface area (Å²) in [5.41, 5.74) is 1.27. The lowest BCUT2D eigenvalue weighted by Crippen LogP contribution is -2.37. The zero-order chi connectivity index (χ0) is 15.1. The number of carbonyl (C=O) groups excluding carboxylic acids is 2. The first kappa shape index (κ1) is 14.9. The molecular weight excluding hydrogens is 276 g/mol. The number of amides is 2. The molecule has 0 radical (unpaired) electrons. The fourth-order valence-electron chi connectivity index (χ4n) is 1.69. The summed E-state index contributed by atoms with van der Waals surface area (Å²) in [6.07, 6.45) is 1.67. The van der Waals surface area contributed by atoms with Crippen molar-refractivity contribution in [1.82, 2.24) is 15.5 Å². The van der Waals surface area contributed by atoms with Gasteiger partial charge in [0.15, 0.2) is 0 Å². The van der Waals surface area contributed by atoms with Crippen LogP contribution in [-0.4, -0.2) is 53.5 Å². The molecule has 2 rings (SSSR count). The highest BCUT2D eigenvalue weighted by molar-refractivity contribution is 6.39. The minimum absolute atomic E-state index is 0.0789. The molecule has 0 saturated heterocycles. The number of aromatic amines is 1. The van der Waals surface area contributed by atoms with Gasteiger partial charge in [0.25, 0.3) is 0 Å². The number of hydrogen-bond donors (Lipinski definition) is 4. The number of fused-ring (bicyclic) bond motifs is 1. The maximum Gasteiger partial charge on any atom is 0.313 e. The van der Waals surface area contributed by atoms with Crippen LogP contribution in [0.3, 0.4) is 0 Å². The van der Waals surface area contributed by atoms with Gasteiger partial charge in [-0.25, -0.2) is 0 Å². The minimum atomic E-state index is -0.754. The van der Waals surface area contributed by atoms with Crippen LogP contribution in [0.4, 0.5) is 5.69 Å². The van der Waals surface area contributed by atoms with Gasteiger partial charge in [-0.05, 0) is 18.2 Å². The Labute approximate surface area is 120 Å². The molecule has 112 valence electrons. The van der Waals surface area contributed by atoms with Crippen LogP contribution in [-0.2, 0) is 14.3 Å². The van der Waals surface area contributed by atoms with E-state index < -0.39 is 11.8 Å². The summed E-state index contributed by atoms with van der Waals surface area (Å²) in [4.78, 5) is 23.2. The number of aromatic nitrogens is 2. The van der Waals surface area contributed by atoms with E-state index in [-0.39, 0.29) is 26.4 Å². The maximum atomic E-state index is 11.7. The Bertz CT molecular complexity index is 625. The summed E-state index contributed by atoms with van der Waals surface area (Å²) < 4.78 is 4.96. The van der Waals surface area contributed by atoms with Gasteiger partial charge in [0, 0.05) is 17.6 Å². The summed E-state index contributed by atoms with van der Waals surface area (Å²) in [5, 5.41) is 21.0. The molecule has 0 saturated carbocycles. The van der Waals surface area contributed by atoms with Crippen LogP contribution in [0, 0.1) is 0 Å². The summed E-state index contributed by atoms with van der Waals surface area (Å²) in [6, 6.07) is 5.17. The molecule has 21 heavy (non-hydrogen) atoms. The second kappa shape index (κ2) is 7.36. The molecular formula is C13H16N4O4. The van der Waals surface area contributed by atoms with Gasteiger partial charge < -0.3 is 20.5 Å². The third-order valence-electron chi connectivity index (χ3n) is 2.67. The van der Waals surface area contributed by atoms with Crippen molar-refractivity contribution >= 4 is 28.4 Å². The van der Waals surface area contributed by atoms with E-state index >= 15 is 0 Å². The van der Waals surface area contributed by atoms with E-state index in [1.54, 1.807) is 24.4 Å². The molecule has 2 aromatic rings. The highest BCUT2D eigenvalue weighted by Crippen LogP contribution is 2.16. The molecule has 1 aromatic carbocycles. The van der Waals surface area contributed by atoms with Crippen molar-refractivity contribution in [3.63, 3.8) is 0 Å². The van der Waals surface area contributed by atoms with Crippen LogP contribution in [0.25, 0.3) is 10.9 Å². The number of carbonyl (C=O) groups is 2. The lowest BCUT2D eigenvalue weighted by Gasteiger charge is -2.07. The molecule has 0 aliphatic carbocycles. The molecule has 0 unspecified atom stereocenters. The van der Waals surface area contributed by atoms with E-state index in [0.717, 1.165) is 10.9 Å². The SMILES string of the molecule is O=C(NCCOCCO)C(=O)Nc1ccc2cn[nH]c2c1. The average molecular weight is 292 g/mol. The average Bonchev–Trinajstić information content (AvgIpc) is 2.94. The van der Waals surface area contributed by atoms with Crippen LogP contribution in [0.5, 0.6) is 0 Å². The fraction of sp³-hybridized carbons (Fsp3) is 0.308. The Morgan fingerprint density at radius 2 is 2.14 bits per heavy atom. The molecule has 1 heterocycles. The third kappa shape index (κ3) is 4.26. The lowest BCUT2D eigenvalue weighted by molar-refractivity contribution is -0.136. The van der Waals surface area contributed by atoms with Crippen molar-refractivity contribution in [2.24, 2.45) is 0 Å². The van der Waals surface area contributed by atoms with Crippen molar-refractivity contribution in [1.29, 1.82) is 0 Å². The zero-order valence-electron chi connectivity index (χ0n) is 11.3. The lowest BCUT2D eigenvalue weighted by atomic mass is 10.2. The standard InChI is InChI=1S/C13H16N4O4/c18-4-6-21-5-3-14-12(19)13(20)16-10-2-1-9-8-15-17-11(9)7-10/h1-2,7-8,18H,3-6H2,(H,14,19)(H,15,17)(H,16,20). The smallest absolute Gasteiger partial charge is 0.313 e. The van der Waals surface area contributed by atoms with E-state index in [9.17, 15) is 9.59 Å². The van der Waals surface area contributed by atoms with Crippen molar-refractivity contribution in [2.45, 2.75) is 0 Å². The molecule has 2 amide bonds. The first-order valence-corrected chi connectivity index (χ1v) is 6.41. The maximum absolute atomic E-state index is 11.7. The van der Waals surface area contributed by atoms with Crippen LogP contribution < -0.4 is 10.6 Å². The van der Waals surface area contributed by atoms with Gasteiger partial charge in [-0.1, -0.05) is 0 Å². The quantitative estimate of drug-likeness (QED) is 0.428. The number of H-pyrrole nitrogens is 1. The highest BCUT2D eigenvalue weighted by atomic mass is 16.5. The van der Waals surface area contributed by atoms with Crippen LogP contribution in [0.1, 0.15) is 0 Å². The molecule has 1 aromatic heterocycles. The van der Waals surface area contributed by atoms with Gasteiger partial charge in [-0.3, -0.25) is 14.7 Å². The number of ether oxygens (including phenoxy) is 1. The van der Waals surface area contributed by atoms with Crippen molar-refractivity contribution in [3.8, 4) is 0 Å². The first-order valence-electron chi connectivity index (χ1n) is 6.41. The Kier molecular flexibility index (Phi) is 5.24. The number of nitrogens with zero attached hydrogens (tertiary/aromatic N) is 1. The van der Waals surface area contributed by atoms with E-state index in [0.29, 0.717) is 5.69 Å². The summed E-state index contributed by atoms with van der Waals surface area (Å²) in [5.74, 6) is -1.50. The van der Waals surface area contributed by atoms with E-state index in [1.807, 2.05) is 0 Å². The second-order valence-electron chi connectivity index (χ2n) is 4.22. The Morgan fingerprint density at radius 3 is 2.95 bits per heavy atom. The third-order valence-corrected chi connectivity index (χ3v) is 2.67. The largest absolute Gasteiger partial charge is 0.394 e. The molecule has 4 N–H and O–H groups in total. The van der Waals surface area contributed by atoms with Crippen LogP contribution >= 0.6 is 0 Å². The first-order chi connectivity index (χ1) is 10.2. The highest BCUT2D eigenvalue weighted by Gasteiger charge is 2.13. The Hall–Kier alpha value is -2.45. The second-order valence-corrected chi connectivity index (χ2v) is 4.22. The van der Waals surface area contributed by atoms with E-state index in [1.165, 1.54) is 0 Å². The van der Waals surface area contributed by atoms with Gasteiger partial charge in [0.1, 0.15) is 0 Å². The summed E-state index contributed by atoms with van der Waals surface area (Å²) in [7, 11) is 0. The number of hydrogen-bond acceptors (Lipinski definition) is 5. The van der Waals surface area contributed by atoms with Gasteiger partial charge >= 0.3 is 11.8 Å². The zero-order valence-corrected chi connectivity index (χ0v) is 11.3. The number of benzene rings is 1. The van der Waals surface area contributed by atoms with Crippen LogP contribution in [0.2, 0.25) is 0 Å². The molecule has 8 heteroatoms. The topological polar surface area (TPSA) is 116 Å². The molecule has 0 aliphatic heterocycles. The monoisotopic (exact) mass is 292 g/mol. The summed E-state index contributed by atoms with van der Waals surface area (Å²) in [6.45, 7) is 0.558.